The van der Waals surface area contributed by atoms with Gasteiger partial charge in [-0.15, -0.1) is 0 Å². The summed E-state index contributed by atoms with van der Waals surface area (Å²) in [6, 6.07) is 3.48. The number of hydrogen-bond donors (Lipinski definition) is 1. The van der Waals surface area contributed by atoms with E-state index in [9.17, 15) is 26.4 Å². The summed E-state index contributed by atoms with van der Waals surface area (Å²) < 4.78 is 68.1. The third-order valence-corrected chi connectivity index (χ3v) is 3.73. The summed E-state index contributed by atoms with van der Waals surface area (Å²) in [6.07, 6.45) is 1.04. The zero-order chi connectivity index (χ0) is 17.4. The summed E-state index contributed by atoms with van der Waals surface area (Å²) in [5, 5.41) is 8.70. The molecular weight excluding hydrogens is 341 g/mol. The molecule has 7 nitrogen and oxygen atoms in total. The number of alkyl halides is 3. The number of rotatable bonds is 3. The maximum atomic E-state index is 12.4. The van der Waals surface area contributed by atoms with Crippen LogP contribution in [0.3, 0.4) is 0 Å². The Morgan fingerprint density at radius 2 is 1.91 bits per heavy atom. The van der Waals surface area contributed by atoms with E-state index >= 15 is 0 Å². The first kappa shape index (κ1) is 16.6. The first-order valence-corrected chi connectivity index (χ1v) is 7.16. The molecule has 1 heterocycles. The molecule has 0 radical (unpaired) electrons. The van der Waals surface area contributed by atoms with E-state index < -0.39 is 32.6 Å². The molecule has 0 bridgehead atoms. The number of aromatic nitrogens is 1. The molecule has 1 N–H and O–H groups in total. The molecule has 0 saturated heterocycles. The number of nitrogens with one attached hydrogen (secondary N) is 1. The van der Waals surface area contributed by atoms with Crippen molar-refractivity contribution in [2.24, 2.45) is 0 Å². The van der Waals surface area contributed by atoms with Gasteiger partial charge in [-0.25, -0.2) is 0 Å². The topological polar surface area (TPSA) is 109 Å². The predicted molar refractivity (Wildman–Crippen MR) is 71.4 cm³/mol. The minimum absolute atomic E-state index is 0.0258. The molecule has 0 atom stereocenters. The Labute approximate surface area is 127 Å². The molecule has 0 unspecified atom stereocenters. The van der Waals surface area contributed by atoms with Crippen LogP contribution in [0.15, 0.2) is 23.1 Å². The van der Waals surface area contributed by atoms with Gasteiger partial charge < -0.3 is 13.9 Å². The number of hydrogen-bond acceptors (Lipinski definition) is 6. The molecule has 0 amide bonds. The lowest BCUT2D eigenvalue weighted by Gasteiger charge is -2.13. The molecule has 2 aromatic rings. The van der Waals surface area contributed by atoms with Crippen LogP contribution in [-0.4, -0.2) is 26.0 Å². The van der Waals surface area contributed by atoms with Gasteiger partial charge in [0.25, 0.3) is 0 Å². The Kier molecular flexibility index (Phi) is 3.96. The average molecular weight is 348 g/mol. The Hall–Kier alpha value is -2.74. The van der Waals surface area contributed by atoms with Gasteiger partial charge in [-0.3, -0.25) is 4.79 Å². The van der Waals surface area contributed by atoms with E-state index in [0.29, 0.717) is 0 Å². The molecule has 122 valence electrons. The van der Waals surface area contributed by atoms with Gasteiger partial charge in [0, 0.05) is 12.3 Å². The molecule has 0 aliphatic carbocycles. The Morgan fingerprint density at radius 1 is 1.26 bits per heavy atom. The maximum Gasteiger partial charge on any atom is 0.534 e. The third kappa shape index (κ3) is 2.93. The van der Waals surface area contributed by atoms with E-state index in [1.54, 1.807) is 6.07 Å². The monoisotopic (exact) mass is 348 g/mol. The van der Waals surface area contributed by atoms with Crippen LogP contribution >= 0.6 is 0 Å². The molecule has 0 spiro atoms. The number of benzene rings is 1. The maximum absolute atomic E-state index is 12.4. The molecule has 0 aliphatic heterocycles. The van der Waals surface area contributed by atoms with E-state index in [0.717, 1.165) is 25.4 Å². The van der Waals surface area contributed by atoms with Gasteiger partial charge in [0.15, 0.2) is 11.5 Å². The SMILES string of the molecule is COc1cc2c(=O)c(C#N)c[nH]c2cc1OS(=O)(=O)C(F)(F)F. The first-order chi connectivity index (χ1) is 10.6. The number of fused-ring (bicyclic) bond motifs is 1. The van der Waals surface area contributed by atoms with Crippen LogP contribution in [0.4, 0.5) is 13.2 Å². The number of pyridine rings is 1. The molecule has 1 aromatic heterocycles. The van der Waals surface area contributed by atoms with Crippen molar-refractivity contribution in [2.75, 3.05) is 7.11 Å². The highest BCUT2D eigenvalue weighted by Gasteiger charge is 2.49. The molecule has 0 saturated carbocycles. The summed E-state index contributed by atoms with van der Waals surface area (Å²) in [6.45, 7) is 0. The second kappa shape index (κ2) is 5.47. The van der Waals surface area contributed by atoms with E-state index in [-0.39, 0.29) is 16.5 Å². The molecule has 1 aromatic carbocycles. The van der Waals surface area contributed by atoms with E-state index in [1.807, 2.05) is 0 Å². The standard InChI is InChI=1S/C12H7F3N2O5S/c1-21-9-2-7-8(17-5-6(4-16)11(7)18)3-10(9)22-23(19,20)12(13,14)15/h2-3,5H,1H3,(H,17,18). The minimum atomic E-state index is -5.90. The Balaban J connectivity index is 2.68. The molecule has 23 heavy (non-hydrogen) atoms. The molecule has 0 fully saturated rings. The predicted octanol–water partition coefficient (Wildman–Crippen LogP) is 1.64. The van der Waals surface area contributed by atoms with Crippen LogP contribution in [0.1, 0.15) is 5.56 Å². The summed E-state index contributed by atoms with van der Waals surface area (Å²) in [4.78, 5) is 14.4. The molecular formula is C12H7F3N2O5S. The number of ether oxygens (including phenoxy) is 1. The van der Waals surface area contributed by atoms with Gasteiger partial charge in [0.1, 0.15) is 11.6 Å². The number of nitrogens with zero attached hydrogens (tertiary/aromatic N) is 1. The highest BCUT2D eigenvalue weighted by molar-refractivity contribution is 7.88. The smallest absolute Gasteiger partial charge is 0.493 e. The van der Waals surface area contributed by atoms with Crippen molar-refractivity contribution in [1.82, 2.24) is 4.98 Å². The van der Waals surface area contributed by atoms with Crippen molar-refractivity contribution in [3.8, 4) is 17.6 Å². The van der Waals surface area contributed by atoms with Crippen LogP contribution in [0.2, 0.25) is 0 Å². The van der Waals surface area contributed by atoms with E-state index in [4.69, 9.17) is 10.00 Å². The normalized spacial score (nSPS) is 12.0. The van der Waals surface area contributed by atoms with Crippen LogP contribution in [0, 0.1) is 11.3 Å². The molecule has 0 aliphatic rings. The van der Waals surface area contributed by atoms with Gasteiger partial charge in [-0.05, 0) is 6.07 Å². The van der Waals surface area contributed by atoms with Crippen molar-refractivity contribution >= 4 is 21.0 Å². The van der Waals surface area contributed by atoms with Crippen molar-refractivity contribution in [3.63, 3.8) is 0 Å². The summed E-state index contributed by atoms with van der Waals surface area (Å²) in [5.74, 6) is -1.16. The minimum Gasteiger partial charge on any atom is -0.493 e. The third-order valence-electron chi connectivity index (χ3n) is 2.77. The van der Waals surface area contributed by atoms with E-state index in [1.165, 1.54) is 0 Å². The first-order valence-electron chi connectivity index (χ1n) is 5.75. The lowest BCUT2D eigenvalue weighted by atomic mass is 10.1. The van der Waals surface area contributed by atoms with Gasteiger partial charge in [0.2, 0.25) is 5.43 Å². The van der Waals surface area contributed by atoms with Crippen molar-refractivity contribution in [1.29, 1.82) is 5.26 Å². The summed E-state index contributed by atoms with van der Waals surface area (Å²) >= 11 is 0. The lowest BCUT2D eigenvalue weighted by molar-refractivity contribution is -0.0500. The number of methoxy groups -OCH3 is 1. The number of halogens is 3. The summed E-state index contributed by atoms with van der Waals surface area (Å²) in [7, 11) is -4.85. The van der Waals surface area contributed by atoms with Crippen molar-refractivity contribution in [3.05, 3.63) is 34.1 Å². The fourth-order valence-corrected chi connectivity index (χ4v) is 2.16. The van der Waals surface area contributed by atoms with Crippen LogP contribution in [0.5, 0.6) is 11.5 Å². The van der Waals surface area contributed by atoms with Crippen molar-refractivity contribution in [2.45, 2.75) is 5.51 Å². The number of H-pyrrole nitrogens is 1. The quantitative estimate of drug-likeness (QED) is 0.667. The highest BCUT2D eigenvalue weighted by Crippen LogP contribution is 2.35. The van der Waals surface area contributed by atoms with Crippen LogP contribution in [-0.2, 0) is 10.1 Å². The van der Waals surface area contributed by atoms with Crippen molar-refractivity contribution < 1.29 is 30.5 Å². The second-order valence-electron chi connectivity index (χ2n) is 4.18. The fraction of sp³-hybridized carbons (Fsp3) is 0.167. The second-order valence-corrected chi connectivity index (χ2v) is 5.71. The summed E-state index contributed by atoms with van der Waals surface area (Å²) in [5.41, 5.74) is -6.56. The number of nitriles is 1. The highest BCUT2D eigenvalue weighted by atomic mass is 32.2. The van der Waals surface area contributed by atoms with Crippen LogP contribution in [0.25, 0.3) is 10.9 Å². The zero-order valence-electron chi connectivity index (χ0n) is 11.3. The lowest BCUT2D eigenvalue weighted by Crippen LogP contribution is -2.28. The van der Waals surface area contributed by atoms with Crippen LogP contribution < -0.4 is 14.3 Å². The van der Waals surface area contributed by atoms with E-state index in [2.05, 4.69) is 9.17 Å². The largest absolute Gasteiger partial charge is 0.534 e. The zero-order valence-corrected chi connectivity index (χ0v) is 12.1. The Bertz CT molecular complexity index is 973. The Morgan fingerprint density at radius 3 is 2.43 bits per heavy atom. The molecule has 2 rings (SSSR count). The van der Waals surface area contributed by atoms with Gasteiger partial charge in [-0.2, -0.15) is 26.9 Å². The molecule has 11 heteroatoms. The fourth-order valence-electron chi connectivity index (χ4n) is 1.70. The number of aromatic amines is 1. The van der Waals surface area contributed by atoms with Gasteiger partial charge >= 0.3 is 15.6 Å². The average Bonchev–Trinajstić information content (AvgIpc) is 2.45. The van der Waals surface area contributed by atoms with Gasteiger partial charge in [-0.1, -0.05) is 0 Å². The van der Waals surface area contributed by atoms with Gasteiger partial charge in [0.05, 0.1) is 18.0 Å².